The standard InChI is InChI=1S/C16H18N4O5/c1-16(2)9(10(16)14(23)24)12(21)18-7-5-8-11(17-6-7)19(3)15(25)20(4)13(8)22/h5-6,9-10H,1-4H3,(H,18,21)(H,23,24)/t9-,10+/m0/s1. The van der Waals surface area contributed by atoms with Crippen molar-refractivity contribution in [2.75, 3.05) is 5.32 Å². The molecule has 2 N–H and O–H groups in total. The van der Waals surface area contributed by atoms with Crippen LogP contribution in [-0.2, 0) is 23.7 Å². The van der Waals surface area contributed by atoms with E-state index in [-0.39, 0.29) is 16.7 Å². The number of carboxylic acids is 1. The molecule has 1 amide bonds. The van der Waals surface area contributed by atoms with Gasteiger partial charge in [-0.2, -0.15) is 0 Å². The molecule has 1 aliphatic rings. The molecule has 0 aliphatic heterocycles. The van der Waals surface area contributed by atoms with Crippen molar-refractivity contribution in [3.63, 3.8) is 0 Å². The molecule has 2 heterocycles. The Morgan fingerprint density at radius 3 is 2.40 bits per heavy atom. The molecule has 0 spiro atoms. The highest BCUT2D eigenvalue weighted by Gasteiger charge is 2.65. The van der Waals surface area contributed by atoms with Crippen LogP contribution in [0.1, 0.15) is 13.8 Å². The summed E-state index contributed by atoms with van der Waals surface area (Å²) < 4.78 is 2.20. The lowest BCUT2D eigenvalue weighted by Crippen LogP contribution is -2.37. The number of hydrogen-bond acceptors (Lipinski definition) is 5. The number of nitrogens with one attached hydrogen (secondary N) is 1. The predicted octanol–water partition coefficient (Wildman–Crippen LogP) is -0.0725. The van der Waals surface area contributed by atoms with E-state index in [1.807, 2.05) is 0 Å². The number of carbonyl (C=O) groups excluding carboxylic acids is 1. The number of carboxylic acid groups (broad SMARTS) is 1. The van der Waals surface area contributed by atoms with E-state index in [4.69, 9.17) is 0 Å². The number of fused-ring (bicyclic) bond motifs is 1. The van der Waals surface area contributed by atoms with E-state index in [0.29, 0.717) is 0 Å². The minimum absolute atomic E-state index is 0.187. The molecule has 25 heavy (non-hydrogen) atoms. The highest BCUT2D eigenvalue weighted by molar-refractivity contribution is 6.00. The topological polar surface area (TPSA) is 123 Å². The van der Waals surface area contributed by atoms with Crippen LogP contribution >= 0.6 is 0 Å². The number of anilines is 1. The van der Waals surface area contributed by atoms with E-state index in [1.54, 1.807) is 13.8 Å². The molecule has 1 fully saturated rings. The zero-order chi connectivity index (χ0) is 18.7. The Kier molecular flexibility index (Phi) is 3.55. The van der Waals surface area contributed by atoms with Crippen LogP contribution in [-0.4, -0.2) is 31.1 Å². The third-order valence-corrected chi connectivity index (χ3v) is 4.94. The lowest BCUT2D eigenvalue weighted by molar-refractivity contribution is -0.140. The Hall–Kier alpha value is -2.97. The summed E-state index contributed by atoms with van der Waals surface area (Å²) in [7, 11) is 2.86. The van der Waals surface area contributed by atoms with Gasteiger partial charge in [-0.3, -0.25) is 23.5 Å². The van der Waals surface area contributed by atoms with E-state index in [0.717, 1.165) is 4.57 Å². The third-order valence-electron chi connectivity index (χ3n) is 4.94. The Morgan fingerprint density at radius 1 is 1.20 bits per heavy atom. The first-order chi connectivity index (χ1) is 11.6. The second kappa shape index (κ2) is 5.27. The quantitative estimate of drug-likeness (QED) is 0.802. The van der Waals surface area contributed by atoms with Crippen molar-refractivity contribution in [3.05, 3.63) is 33.1 Å². The van der Waals surface area contributed by atoms with Crippen molar-refractivity contribution in [2.45, 2.75) is 13.8 Å². The minimum atomic E-state index is -1.01. The number of carbonyl (C=O) groups is 2. The molecule has 2 aromatic heterocycles. The summed E-state index contributed by atoms with van der Waals surface area (Å²) in [5, 5.41) is 12.0. The number of rotatable bonds is 3. The predicted molar refractivity (Wildman–Crippen MR) is 89.3 cm³/mol. The molecule has 132 valence electrons. The summed E-state index contributed by atoms with van der Waals surface area (Å²) >= 11 is 0. The van der Waals surface area contributed by atoms with Gasteiger partial charge in [-0.1, -0.05) is 13.8 Å². The van der Waals surface area contributed by atoms with Crippen LogP contribution in [0.3, 0.4) is 0 Å². The number of amides is 1. The van der Waals surface area contributed by atoms with Crippen LogP contribution in [0.5, 0.6) is 0 Å². The van der Waals surface area contributed by atoms with E-state index < -0.39 is 40.4 Å². The zero-order valence-electron chi connectivity index (χ0n) is 14.2. The molecule has 9 heteroatoms. The molecular weight excluding hydrogens is 328 g/mol. The van der Waals surface area contributed by atoms with Gasteiger partial charge < -0.3 is 10.4 Å². The molecule has 0 saturated heterocycles. The molecule has 0 bridgehead atoms. The molecule has 0 unspecified atom stereocenters. The Labute approximate surface area is 141 Å². The average molecular weight is 346 g/mol. The average Bonchev–Trinajstić information content (AvgIpc) is 3.13. The maximum absolute atomic E-state index is 12.4. The molecule has 0 aromatic carbocycles. The van der Waals surface area contributed by atoms with Crippen LogP contribution in [0.25, 0.3) is 11.0 Å². The van der Waals surface area contributed by atoms with Crippen molar-refractivity contribution in [3.8, 4) is 0 Å². The fraction of sp³-hybridized carbons (Fsp3) is 0.438. The van der Waals surface area contributed by atoms with Crippen LogP contribution in [0, 0.1) is 17.3 Å². The van der Waals surface area contributed by atoms with Crippen molar-refractivity contribution >= 4 is 28.6 Å². The normalized spacial score (nSPS) is 21.1. The van der Waals surface area contributed by atoms with Crippen LogP contribution in [0.2, 0.25) is 0 Å². The molecule has 2 aromatic rings. The molecule has 9 nitrogen and oxygen atoms in total. The fourth-order valence-electron chi connectivity index (χ4n) is 3.34. The summed E-state index contributed by atoms with van der Waals surface area (Å²) in [6.45, 7) is 3.44. The number of pyridine rings is 1. The summed E-state index contributed by atoms with van der Waals surface area (Å²) in [5.74, 6) is -2.83. The number of nitrogens with zero attached hydrogens (tertiary/aromatic N) is 3. The number of hydrogen-bond donors (Lipinski definition) is 2. The highest BCUT2D eigenvalue weighted by Crippen LogP contribution is 2.58. The first-order valence-electron chi connectivity index (χ1n) is 7.66. The fourth-order valence-corrected chi connectivity index (χ4v) is 3.34. The molecule has 2 atom stereocenters. The highest BCUT2D eigenvalue weighted by atomic mass is 16.4. The zero-order valence-corrected chi connectivity index (χ0v) is 14.2. The smallest absolute Gasteiger partial charge is 0.332 e. The van der Waals surface area contributed by atoms with Gasteiger partial charge in [0, 0.05) is 14.1 Å². The van der Waals surface area contributed by atoms with Gasteiger partial charge in [0.1, 0.15) is 5.65 Å². The van der Waals surface area contributed by atoms with Crippen LogP contribution in [0.15, 0.2) is 21.9 Å². The van der Waals surface area contributed by atoms with Crippen molar-refractivity contribution < 1.29 is 14.7 Å². The van der Waals surface area contributed by atoms with E-state index in [2.05, 4.69) is 10.3 Å². The first-order valence-corrected chi connectivity index (χ1v) is 7.66. The Balaban J connectivity index is 1.96. The summed E-state index contributed by atoms with van der Waals surface area (Å²) in [6, 6.07) is 1.44. The Bertz CT molecular complexity index is 1030. The van der Waals surface area contributed by atoms with Gasteiger partial charge in [0.25, 0.3) is 5.56 Å². The van der Waals surface area contributed by atoms with Gasteiger partial charge in [0.15, 0.2) is 0 Å². The van der Waals surface area contributed by atoms with Crippen molar-refractivity contribution in [1.82, 2.24) is 14.1 Å². The van der Waals surface area contributed by atoms with Crippen molar-refractivity contribution in [2.24, 2.45) is 31.3 Å². The first kappa shape index (κ1) is 16.9. The summed E-state index contributed by atoms with van der Waals surface area (Å²) in [5.41, 5.74) is -1.15. The van der Waals surface area contributed by atoms with Crippen molar-refractivity contribution in [1.29, 1.82) is 0 Å². The molecular formula is C16H18N4O5. The van der Waals surface area contributed by atoms with E-state index in [9.17, 15) is 24.3 Å². The van der Waals surface area contributed by atoms with Crippen LogP contribution in [0.4, 0.5) is 5.69 Å². The van der Waals surface area contributed by atoms with Gasteiger partial charge in [0.05, 0.1) is 29.1 Å². The van der Waals surface area contributed by atoms with Gasteiger partial charge in [-0.05, 0) is 11.5 Å². The summed E-state index contributed by atoms with van der Waals surface area (Å²) in [6.07, 6.45) is 1.34. The minimum Gasteiger partial charge on any atom is -0.481 e. The van der Waals surface area contributed by atoms with Gasteiger partial charge in [-0.15, -0.1) is 0 Å². The number of aliphatic carboxylic acids is 1. The maximum atomic E-state index is 12.4. The number of aromatic nitrogens is 3. The molecule has 1 saturated carbocycles. The van der Waals surface area contributed by atoms with E-state index in [1.165, 1.54) is 30.9 Å². The largest absolute Gasteiger partial charge is 0.481 e. The number of aryl methyl sites for hydroxylation is 1. The lowest BCUT2D eigenvalue weighted by Gasteiger charge is -2.09. The van der Waals surface area contributed by atoms with Crippen LogP contribution < -0.4 is 16.6 Å². The summed E-state index contributed by atoms with van der Waals surface area (Å²) in [4.78, 5) is 51.8. The Morgan fingerprint density at radius 2 is 1.84 bits per heavy atom. The molecule has 0 radical (unpaired) electrons. The maximum Gasteiger partial charge on any atom is 0.332 e. The van der Waals surface area contributed by atoms with Gasteiger partial charge in [0.2, 0.25) is 5.91 Å². The van der Waals surface area contributed by atoms with Gasteiger partial charge >= 0.3 is 11.7 Å². The second-order valence-corrected chi connectivity index (χ2v) is 6.91. The monoisotopic (exact) mass is 346 g/mol. The SMILES string of the molecule is Cn1c(=O)c2cc(NC(=O)[C@@H]3[C@H](C(=O)O)C3(C)C)cnc2n(C)c1=O. The molecule has 1 aliphatic carbocycles. The van der Waals surface area contributed by atoms with Gasteiger partial charge in [-0.25, -0.2) is 9.78 Å². The van der Waals surface area contributed by atoms with E-state index >= 15 is 0 Å². The third kappa shape index (κ3) is 2.43. The lowest BCUT2D eigenvalue weighted by atomic mass is 10.1. The molecule has 3 rings (SSSR count). The second-order valence-electron chi connectivity index (χ2n) is 6.91.